The van der Waals surface area contributed by atoms with E-state index in [4.69, 9.17) is 12.2 Å². The molecule has 2 atom stereocenters. The van der Waals surface area contributed by atoms with Crippen molar-refractivity contribution in [1.82, 2.24) is 9.47 Å². The number of amides is 1. The second kappa shape index (κ2) is 14.5. The standard InChI is InChI=1S/C41H37N3O4S3/c1-25(21-31(28-11-6-4-7-12-28)29-13-8-5-9-14-29)17-18-26(2)44-33-16-10-15-30(33)32-22-27(19-20-34(32)44)23-35-38(47)43(24-36(45)46)40(50-35)37-39(48)42(3)41(49)51-37/h4-9,11-14,17-23,30,33H,10,15-16,24H2,1-3H3,(H,45,46). The second-order valence-corrected chi connectivity index (χ2v) is 15.7. The Morgan fingerprint density at radius 1 is 0.961 bits per heavy atom. The van der Waals surface area contributed by atoms with E-state index < -0.39 is 18.1 Å². The first-order valence-corrected chi connectivity index (χ1v) is 18.9. The van der Waals surface area contributed by atoms with E-state index in [0.717, 1.165) is 53.5 Å². The van der Waals surface area contributed by atoms with Gasteiger partial charge in [0.05, 0.1) is 4.53 Å². The second-order valence-electron chi connectivity index (χ2n) is 13.1. The van der Waals surface area contributed by atoms with Crippen molar-refractivity contribution >= 4 is 73.8 Å². The smallest absolute Gasteiger partial charge is 0.323 e. The minimum absolute atomic E-state index is 0.280. The molecule has 1 saturated carbocycles. The van der Waals surface area contributed by atoms with Crippen LogP contribution in [0.3, 0.4) is 0 Å². The summed E-state index contributed by atoms with van der Waals surface area (Å²) in [5.74, 6) is -1.11. The SMILES string of the molecule is CC(=CC=C(C)N1c2ccc(C=c3sc(=C4SC(=S)N(C)C4=O)n(CC(=O)O)c3=O)cc2C2CCCC21)C=C(c1ccccc1)c1ccccc1. The molecule has 0 radical (unpaired) electrons. The summed E-state index contributed by atoms with van der Waals surface area (Å²) in [4.78, 5) is 42.3. The molecule has 0 spiro atoms. The molecule has 258 valence electrons. The third-order valence-electron chi connectivity index (χ3n) is 9.69. The zero-order chi connectivity index (χ0) is 35.8. The zero-order valence-corrected chi connectivity index (χ0v) is 31.0. The van der Waals surface area contributed by atoms with Gasteiger partial charge in [-0.3, -0.25) is 23.9 Å². The molecule has 1 N–H and O–H groups in total. The summed E-state index contributed by atoms with van der Waals surface area (Å²) in [6, 6.07) is 27.6. The van der Waals surface area contributed by atoms with E-state index in [1.165, 1.54) is 43.1 Å². The molecule has 3 heterocycles. The molecule has 3 aromatic carbocycles. The van der Waals surface area contributed by atoms with Crippen molar-refractivity contribution in [1.29, 1.82) is 0 Å². The molecule has 1 aliphatic carbocycles. The molecule has 4 aromatic rings. The number of carboxylic acid groups (broad SMARTS) is 1. The van der Waals surface area contributed by atoms with Gasteiger partial charge in [-0.15, -0.1) is 11.3 Å². The topological polar surface area (TPSA) is 82.8 Å². The highest BCUT2D eigenvalue weighted by molar-refractivity contribution is 8.30. The van der Waals surface area contributed by atoms with Crippen molar-refractivity contribution in [2.24, 2.45) is 0 Å². The lowest BCUT2D eigenvalue weighted by atomic mass is 9.96. The van der Waals surface area contributed by atoms with Crippen LogP contribution in [0.4, 0.5) is 5.69 Å². The van der Waals surface area contributed by atoms with Gasteiger partial charge in [-0.1, -0.05) is 115 Å². The fraction of sp³-hybridized carbons (Fsp3) is 0.220. The van der Waals surface area contributed by atoms with Gasteiger partial charge in [-0.25, -0.2) is 0 Å². The Morgan fingerprint density at radius 2 is 1.65 bits per heavy atom. The maximum atomic E-state index is 13.5. The number of rotatable bonds is 8. The number of allylic oxidation sites excluding steroid dienone is 5. The lowest BCUT2D eigenvalue weighted by Crippen LogP contribution is -2.35. The fourth-order valence-electron chi connectivity index (χ4n) is 7.29. The summed E-state index contributed by atoms with van der Waals surface area (Å²) in [6.45, 7) is 3.78. The summed E-state index contributed by atoms with van der Waals surface area (Å²) in [7, 11) is 1.58. The van der Waals surface area contributed by atoms with E-state index in [0.29, 0.717) is 25.5 Å². The molecule has 10 heteroatoms. The number of thiazole rings is 1. The molecule has 51 heavy (non-hydrogen) atoms. The normalized spacial score (nSPS) is 20.3. The molecular formula is C41H37N3O4S3. The molecule has 2 unspecified atom stereocenters. The van der Waals surface area contributed by atoms with Crippen LogP contribution in [0, 0.1) is 0 Å². The highest BCUT2D eigenvalue weighted by Gasteiger charge is 2.42. The van der Waals surface area contributed by atoms with Crippen molar-refractivity contribution in [2.75, 3.05) is 11.9 Å². The number of hydrogen-bond donors (Lipinski definition) is 1. The Bertz CT molecular complexity index is 2300. The zero-order valence-electron chi connectivity index (χ0n) is 28.5. The molecule has 0 bridgehead atoms. The Hall–Kier alpha value is -4.77. The highest BCUT2D eigenvalue weighted by Crippen LogP contribution is 2.51. The summed E-state index contributed by atoms with van der Waals surface area (Å²) in [5.41, 5.74) is 8.73. The van der Waals surface area contributed by atoms with Crippen LogP contribution in [-0.2, 0) is 16.1 Å². The predicted molar refractivity (Wildman–Crippen MR) is 212 cm³/mol. The number of aliphatic carboxylic acids is 1. The number of hydrogen-bond acceptors (Lipinski definition) is 7. The average molecular weight is 732 g/mol. The van der Waals surface area contributed by atoms with Crippen LogP contribution in [0.25, 0.3) is 16.6 Å². The van der Waals surface area contributed by atoms with Crippen LogP contribution in [0.5, 0.6) is 0 Å². The van der Waals surface area contributed by atoms with Crippen LogP contribution in [0.2, 0.25) is 0 Å². The highest BCUT2D eigenvalue weighted by atomic mass is 32.2. The van der Waals surface area contributed by atoms with Crippen LogP contribution < -0.4 is 19.7 Å². The monoisotopic (exact) mass is 731 g/mol. The summed E-state index contributed by atoms with van der Waals surface area (Å²) >= 11 is 7.51. The van der Waals surface area contributed by atoms with Crippen molar-refractivity contribution in [2.45, 2.75) is 51.6 Å². The largest absolute Gasteiger partial charge is 0.480 e. The Kier molecular flexibility index (Phi) is 9.83. The quantitative estimate of drug-likeness (QED) is 0.157. The summed E-state index contributed by atoms with van der Waals surface area (Å²) in [5, 5.41) is 9.57. The number of thiocarbonyl (C=S) groups is 1. The van der Waals surface area contributed by atoms with Crippen LogP contribution in [0.15, 0.2) is 113 Å². The van der Waals surface area contributed by atoms with Gasteiger partial charge in [0.1, 0.15) is 20.4 Å². The van der Waals surface area contributed by atoms with E-state index >= 15 is 0 Å². The number of carbonyl (C=O) groups excluding carboxylic acids is 1. The molecule has 3 aliphatic rings. The van der Waals surface area contributed by atoms with Crippen molar-refractivity contribution in [3.8, 4) is 0 Å². The molecule has 2 aliphatic heterocycles. The third-order valence-corrected chi connectivity index (χ3v) is 12.5. The number of nitrogens with zero attached hydrogens (tertiary/aromatic N) is 3. The Labute approximate surface area is 310 Å². The van der Waals surface area contributed by atoms with E-state index in [-0.39, 0.29) is 10.8 Å². The third kappa shape index (κ3) is 6.83. The number of aromatic nitrogens is 1. The van der Waals surface area contributed by atoms with Crippen LogP contribution >= 0.6 is 35.3 Å². The Morgan fingerprint density at radius 3 is 2.27 bits per heavy atom. The number of carboxylic acids is 1. The van der Waals surface area contributed by atoms with Gasteiger partial charge >= 0.3 is 5.97 Å². The molecule has 1 aromatic heterocycles. The maximum Gasteiger partial charge on any atom is 0.323 e. The first kappa shape index (κ1) is 34.7. The molecule has 7 nitrogen and oxygen atoms in total. The Balaban J connectivity index is 1.24. The number of benzene rings is 3. The van der Waals surface area contributed by atoms with Gasteiger partial charge in [-0.05, 0) is 78.8 Å². The van der Waals surface area contributed by atoms with Crippen molar-refractivity contribution in [3.63, 3.8) is 0 Å². The van der Waals surface area contributed by atoms with Crippen LogP contribution in [-0.4, -0.2) is 43.9 Å². The number of fused-ring (bicyclic) bond motifs is 3. The van der Waals surface area contributed by atoms with Gasteiger partial charge in [0.2, 0.25) is 0 Å². The number of thioether (sulfide) groups is 1. The first-order valence-electron chi connectivity index (χ1n) is 16.9. The minimum atomic E-state index is -1.16. The molecule has 2 fully saturated rings. The lowest BCUT2D eigenvalue weighted by molar-refractivity contribution is -0.137. The van der Waals surface area contributed by atoms with Gasteiger partial charge in [0, 0.05) is 30.4 Å². The molecule has 7 rings (SSSR count). The van der Waals surface area contributed by atoms with Crippen molar-refractivity contribution < 1.29 is 14.7 Å². The van der Waals surface area contributed by atoms with Gasteiger partial charge in [-0.2, -0.15) is 0 Å². The maximum absolute atomic E-state index is 13.5. The average Bonchev–Trinajstić information content (AvgIpc) is 3.87. The molecule has 1 saturated heterocycles. The first-order chi connectivity index (χ1) is 24.6. The number of anilines is 1. The van der Waals surface area contributed by atoms with Gasteiger partial charge in [0.25, 0.3) is 11.5 Å². The molecule has 1 amide bonds. The van der Waals surface area contributed by atoms with Crippen LogP contribution in [0.1, 0.15) is 61.3 Å². The summed E-state index contributed by atoms with van der Waals surface area (Å²) < 4.78 is 2.23. The minimum Gasteiger partial charge on any atom is -0.480 e. The number of carbonyl (C=O) groups is 2. The fourth-order valence-corrected chi connectivity index (χ4v) is 9.72. The van der Waals surface area contributed by atoms with E-state index in [1.54, 1.807) is 7.05 Å². The summed E-state index contributed by atoms with van der Waals surface area (Å²) in [6.07, 6.45) is 11.8. The van der Waals surface area contributed by atoms with Crippen molar-refractivity contribution in [3.05, 3.63) is 150 Å². The van der Waals surface area contributed by atoms with E-state index in [9.17, 15) is 19.5 Å². The lowest BCUT2D eigenvalue weighted by Gasteiger charge is -2.27. The van der Waals surface area contributed by atoms with E-state index in [1.807, 2.05) is 24.3 Å². The van der Waals surface area contributed by atoms with Gasteiger partial charge < -0.3 is 10.0 Å². The molecular weight excluding hydrogens is 695 g/mol. The van der Waals surface area contributed by atoms with E-state index in [2.05, 4.69) is 97.6 Å². The van der Waals surface area contributed by atoms with Gasteiger partial charge in [0.15, 0.2) is 0 Å². The predicted octanol–water partition coefficient (Wildman–Crippen LogP) is 6.86.